The molecule has 0 atom stereocenters. The summed E-state index contributed by atoms with van der Waals surface area (Å²) < 4.78 is 5.95. The summed E-state index contributed by atoms with van der Waals surface area (Å²) in [6, 6.07) is 11.2. The van der Waals surface area contributed by atoms with Gasteiger partial charge in [-0.3, -0.25) is 14.4 Å². The molecular weight excluding hydrogens is 400 g/mol. The highest BCUT2D eigenvalue weighted by Crippen LogP contribution is 2.37. The van der Waals surface area contributed by atoms with Crippen molar-refractivity contribution < 1.29 is 19.1 Å². The molecular formula is C25H29ClO4. The van der Waals surface area contributed by atoms with E-state index in [1.165, 1.54) is 0 Å². The number of hydrogen-bond donors (Lipinski definition) is 0. The Labute approximate surface area is 183 Å². The van der Waals surface area contributed by atoms with Gasteiger partial charge in [0.25, 0.3) is 0 Å². The number of ketones is 2. The highest BCUT2D eigenvalue weighted by atomic mass is 35.5. The Balaban J connectivity index is 0.000000469. The van der Waals surface area contributed by atoms with E-state index in [4.69, 9.17) is 16.3 Å². The molecule has 2 aromatic rings. The highest BCUT2D eigenvalue weighted by Gasteiger charge is 2.21. The fraction of sp³-hybridized carbons (Fsp3) is 0.400. The van der Waals surface area contributed by atoms with Crippen LogP contribution in [0.25, 0.3) is 0 Å². The van der Waals surface area contributed by atoms with Gasteiger partial charge in [0.05, 0.1) is 0 Å². The second-order valence-electron chi connectivity index (χ2n) is 8.42. The van der Waals surface area contributed by atoms with E-state index < -0.39 is 0 Å². The van der Waals surface area contributed by atoms with Crippen molar-refractivity contribution in [2.45, 2.75) is 48.0 Å². The number of carbonyl (C=O) groups is 3. The molecule has 30 heavy (non-hydrogen) atoms. The highest BCUT2D eigenvalue weighted by molar-refractivity contribution is 6.63. The van der Waals surface area contributed by atoms with Gasteiger partial charge in [-0.2, -0.15) is 0 Å². The van der Waals surface area contributed by atoms with Crippen LogP contribution in [-0.4, -0.2) is 16.8 Å². The smallest absolute Gasteiger partial charge is 0.224 e. The largest absolute Gasteiger partial charge is 0.457 e. The Morgan fingerprint density at radius 2 is 1.10 bits per heavy atom. The van der Waals surface area contributed by atoms with Gasteiger partial charge in [0.1, 0.15) is 11.5 Å². The molecule has 0 N–H and O–H groups in total. The Morgan fingerprint density at radius 3 is 1.40 bits per heavy atom. The number of halogens is 1. The summed E-state index contributed by atoms with van der Waals surface area (Å²) in [5.41, 5.74) is 3.40. The topological polar surface area (TPSA) is 60.4 Å². The van der Waals surface area contributed by atoms with Crippen molar-refractivity contribution in [3.05, 3.63) is 58.7 Å². The molecule has 2 aromatic carbocycles. The fourth-order valence-corrected chi connectivity index (χ4v) is 2.93. The molecule has 0 saturated carbocycles. The molecule has 3 rings (SSSR count). The summed E-state index contributed by atoms with van der Waals surface area (Å²) in [5.74, 6) is 1.74. The molecule has 0 aromatic heterocycles. The summed E-state index contributed by atoms with van der Waals surface area (Å²) in [4.78, 5) is 34.3. The van der Waals surface area contributed by atoms with Gasteiger partial charge in [-0.05, 0) is 48.0 Å². The third-order valence-corrected chi connectivity index (χ3v) is 5.23. The quantitative estimate of drug-likeness (QED) is 0.345. The van der Waals surface area contributed by atoms with Crippen LogP contribution in [0.3, 0.4) is 0 Å². The van der Waals surface area contributed by atoms with Gasteiger partial charge in [-0.15, -0.1) is 0 Å². The minimum Gasteiger partial charge on any atom is -0.457 e. The first kappa shape index (κ1) is 23.8. The zero-order valence-electron chi connectivity index (χ0n) is 18.4. The van der Waals surface area contributed by atoms with Crippen molar-refractivity contribution >= 4 is 28.4 Å². The van der Waals surface area contributed by atoms with E-state index in [9.17, 15) is 14.4 Å². The third kappa shape index (κ3) is 5.79. The van der Waals surface area contributed by atoms with Crippen molar-refractivity contribution in [3.63, 3.8) is 0 Å². The second-order valence-corrected chi connectivity index (χ2v) is 8.79. The number of carbonyl (C=O) groups excluding carboxylic acids is 3. The molecule has 0 bridgehead atoms. The van der Waals surface area contributed by atoms with Gasteiger partial charge < -0.3 is 4.74 Å². The summed E-state index contributed by atoms with van der Waals surface area (Å²) in [5, 5.41) is -0.269. The standard InChI is InChI=1S/C21H22O3.C4H7ClO/c1-12(2)20(22)14-5-7-18-16(9-14)11-17-10-15(21(23)13(3)4)6-8-19(17)24-18;1-3(2)4(5)6/h5-10,12-13H,11H2,1-4H3;3H,1-2H3. The van der Waals surface area contributed by atoms with E-state index in [-0.39, 0.29) is 34.6 Å². The molecule has 0 unspecified atom stereocenters. The maximum Gasteiger partial charge on any atom is 0.224 e. The first-order valence-electron chi connectivity index (χ1n) is 10.2. The number of rotatable bonds is 5. The van der Waals surface area contributed by atoms with Gasteiger partial charge in [0.2, 0.25) is 5.24 Å². The summed E-state index contributed by atoms with van der Waals surface area (Å²) >= 11 is 4.97. The molecule has 0 aliphatic carbocycles. The van der Waals surface area contributed by atoms with Crippen molar-refractivity contribution in [1.82, 2.24) is 0 Å². The van der Waals surface area contributed by atoms with Gasteiger partial charge >= 0.3 is 0 Å². The monoisotopic (exact) mass is 428 g/mol. The van der Waals surface area contributed by atoms with Crippen LogP contribution in [0, 0.1) is 17.8 Å². The van der Waals surface area contributed by atoms with Crippen LogP contribution in [0.2, 0.25) is 0 Å². The lowest BCUT2D eigenvalue weighted by molar-refractivity contribution is -0.114. The van der Waals surface area contributed by atoms with Crippen molar-refractivity contribution in [3.8, 4) is 11.5 Å². The number of ether oxygens (including phenoxy) is 1. The van der Waals surface area contributed by atoms with E-state index in [0.717, 1.165) is 22.6 Å². The maximum absolute atomic E-state index is 12.2. The normalized spacial score (nSPS) is 11.9. The van der Waals surface area contributed by atoms with E-state index in [1.54, 1.807) is 13.8 Å². The van der Waals surface area contributed by atoms with Crippen molar-refractivity contribution in [2.24, 2.45) is 17.8 Å². The molecule has 1 aliphatic rings. The maximum atomic E-state index is 12.2. The number of fused-ring (bicyclic) bond motifs is 2. The van der Waals surface area contributed by atoms with Crippen LogP contribution < -0.4 is 4.74 Å². The van der Waals surface area contributed by atoms with Crippen LogP contribution >= 0.6 is 11.6 Å². The predicted molar refractivity (Wildman–Crippen MR) is 120 cm³/mol. The minimum absolute atomic E-state index is 0.0216. The molecule has 4 nitrogen and oxygen atoms in total. The van der Waals surface area contributed by atoms with Gasteiger partial charge in [-0.25, -0.2) is 0 Å². The average Bonchev–Trinajstić information content (AvgIpc) is 2.70. The van der Waals surface area contributed by atoms with E-state index >= 15 is 0 Å². The third-order valence-electron chi connectivity index (χ3n) is 4.79. The molecule has 0 spiro atoms. The Hall–Kier alpha value is -2.46. The Bertz CT molecular complexity index is 890. The van der Waals surface area contributed by atoms with Crippen molar-refractivity contribution in [1.29, 1.82) is 0 Å². The lowest BCUT2D eigenvalue weighted by Gasteiger charge is -2.21. The molecule has 0 saturated heterocycles. The summed E-state index contributed by atoms with van der Waals surface area (Å²) in [6.45, 7) is 11.1. The Kier molecular flexibility index (Phi) is 7.96. The van der Waals surface area contributed by atoms with E-state index in [2.05, 4.69) is 0 Å². The van der Waals surface area contributed by atoms with Crippen LogP contribution in [0.1, 0.15) is 73.4 Å². The van der Waals surface area contributed by atoms with Crippen molar-refractivity contribution in [2.75, 3.05) is 0 Å². The first-order valence-corrected chi connectivity index (χ1v) is 10.6. The average molecular weight is 429 g/mol. The van der Waals surface area contributed by atoms with Gasteiger partial charge in [0.15, 0.2) is 11.6 Å². The van der Waals surface area contributed by atoms with Gasteiger partial charge in [0, 0.05) is 46.4 Å². The van der Waals surface area contributed by atoms with E-state index in [0.29, 0.717) is 17.5 Å². The first-order chi connectivity index (χ1) is 14.0. The zero-order chi connectivity index (χ0) is 22.6. The number of hydrogen-bond acceptors (Lipinski definition) is 4. The summed E-state index contributed by atoms with van der Waals surface area (Å²) in [7, 11) is 0. The van der Waals surface area contributed by atoms with Crippen LogP contribution in [0.15, 0.2) is 36.4 Å². The minimum atomic E-state index is -0.269. The second kappa shape index (κ2) is 10.0. The Morgan fingerprint density at radius 1 is 0.733 bits per heavy atom. The fourth-order valence-electron chi connectivity index (χ4n) is 2.93. The molecule has 1 aliphatic heterocycles. The zero-order valence-corrected chi connectivity index (χ0v) is 19.2. The predicted octanol–water partition coefficient (Wildman–Crippen LogP) is 6.47. The lowest BCUT2D eigenvalue weighted by Crippen LogP contribution is -2.11. The molecule has 0 fully saturated rings. The molecule has 0 radical (unpaired) electrons. The van der Waals surface area contributed by atoms with Gasteiger partial charge in [-0.1, -0.05) is 41.5 Å². The SMILES string of the molecule is CC(C)C(=O)Cl.CC(C)C(=O)c1ccc2c(c1)Cc1cc(C(=O)C(C)C)ccc1O2. The summed E-state index contributed by atoms with van der Waals surface area (Å²) in [6.07, 6.45) is 0.670. The number of benzene rings is 2. The molecule has 5 heteroatoms. The lowest BCUT2D eigenvalue weighted by atomic mass is 9.92. The van der Waals surface area contributed by atoms with Crippen LogP contribution in [-0.2, 0) is 11.2 Å². The molecule has 160 valence electrons. The van der Waals surface area contributed by atoms with E-state index in [1.807, 2.05) is 64.1 Å². The van der Waals surface area contributed by atoms with Crippen LogP contribution in [0.5, 0.6) is 11.5 Å². The molecule has 0 amide bonds. The number of Topliss-reactive ketones (excluding diaryl/α,β-unsaturated/α-hetero) is 2. The molecule has 1 heterocycles. The van der Waals surface area contributed by atoms with Crippen LogP contribution in [0.4, 0.5) is 0 Å².